The van der Waals surface area contributed by atoms with Gasteiger partial charge in [-0.2, -0.15) is 0 Å². The minimum Gasteiger partial charge on any atom is -0.262 e. The van der Waals surface area contributed by atoms with Gasteiger partial charge >= 0.3 is 0 Å². The third-order valence-corrected chi connectivity index (χ3v) is 4.02. The Kier molecular flexibility index (Phi) is 2.89. The van der Waals surface area contributed by atoms with E-state index in [0.717, 1.165) is 40.2 Å². The first-order chi connectivity index (χ1) is 10.8. The first-order valence-corrected chi connectivity index (χ1v) is 7.48. The molecule has 0 saturated heterocycles. The molecule has 4 nitrogen and oxygen atoms in total. The number of aryl methyl sites for hydroxylation is 2. The molecule has 0 unspecified atom stereocenters. The van der Waals surface area contributed by atoms with E-state index in [1.807, 2.05) is 36.4 Å². The Labute approximate surface area is 128 Å². The van der Waals surface area contributed by atoms with Gasteiger partial charge in [0.25, 0.3) is 0 Å². The van der Waals surface area contributed by atoms with Crippen LogP contribution in [0.3, 0.4) is 0 Å². The number of aromatic nitrogens is 4. The van der Waals surface area contributed by atoms with Crippen molar-refractivity contribution < 1.29 is 0 Å². The molecule has 0 fully saturated rings. The van der Waals surface area contributed by atoms with Crippen LogP contribution < -0.4 is 0 Å². The second kappa shape index (κ2) is 4.91. The molecular formula is C18H16N4. The highest BCUT2D eigenvalue weighted by Crippen LogP contribution is 2.26. The van der Waals surface area contributed by atoms with Crippen LogP contribution in [0.5, 0.6) is 0 Å². The summed E-state index contributed by atoms with van der Waals surface area (Å²) >= 11 is 0. The molecule has 0 saturated carbocycles. The molecule has 0 bridgehead atoms. The van der Waals surface area contributed by atoms with Gasteiger partial charge in [-0.15, -0.1) is 10.2 Å². The second-order valence-electron chi connectivity index (χ2n) is 5.40. The molecule has 0 N–H and O–H groups in total. The van der Waals surface area contributed by atoms with Gasteiger partial charge in [-0.05, 0) is 24.6 Å². The summed E-state index contributed by atoms with van der Waals surface area (Å²) < 4.78 is 2.09. The Morgan fingerprint density at radius 1 is 0.955 bits per heavy atom. The fraction of sp³-hybridized carbons (Fsp3) is 0.167. The lowest BCUT2D eigenvalue weighted by Crippen LogP contribution is -2.03. The number of nitrogens with zero attached hydrogens (tertiary/aromatic N) is 4. The summed E-state index contributed by atoms with van der Waals surface area (Å²) in [6.07, 6.45) is 0.832. The molecule has 2 aromatic heterocycles. The average Bonchev–Trinajstić information content (AvgIpc) is 2.99. The zero-order chi connectivity index (χ0) is 15.1. The number of rotatable bonds is 2. The summed E-state index contributed by atoms with van der Waals surface area (Å²) in [5.41, 5.74) is 4.13. The monoisotopic (exact) mass is 288 g/mol. The summed E-state index contributed by atoms with van der Waals surface area (Å²) in [5.74, 6) is 1.85. The normalized spacial score (nSPS) is 11.4. The maximum atomic E-state index is 4.79. The topological polar surface area (TPSA) is 43.1 Å². The predicted octanol–water partition coefficient (Wildman–Crippen LogP) is 3.82. The van der Waals surface area contributed by atoms with Crippen LogP contribution >= 0.6 is 0 Å². The zero-order valence-electron chi connectivity index (χ0n) is 12.6. The van der Waals surface area contributed by atoms with E-state index < -0.39 is 0 Å². The van der Waals surface area contributed by atoms with Crippen LogP contribution in [-0.4, -0.2) is 19.6 Å². The molecule has 4 heteroatoms. The van der Waals surface area contributed by atoms with Crippen molar-refractivity contribution in [2.75, 3.05) is 0 Å². The Morgan fingerprint density at radius 3 is 2.55 bits per heavy atom. The SMILES string of the molecule is CCc1nc2ccccc2c2nnc(-c3ccccc3C)n12. The first kappa shape index (κ1) is 13.0. The van der Waals surface area contributed by atoms with E-state index in [4.69, 9.17) is 4.98 Å². The van der Waals surface area contributed by atoms with E-state index in [1.54, 1.807) is 0 Å². The molecule has 0 aliphatic rings. The van der Waals surface area contributed by atoms with Crippen molar-refractivity contribution in [2.24, 2.45) is 0 Å². The Hall–Kier alpha value is -2.75. The summed E-state index contributed by atoms with van der Waals surface area (Å²) in [6, 6.07) is 16.3. The zero-order valence-corrected chi connectivity index (χ0v) is 12.6. The second-order valence-corrected chi connectivity index (χ2v) is 5.40. The standard InChI is InChI=1S/C18H16N4/c1-3-16-19-15-11-7-6-10-14(15)18-21-20-17(22(16)18)13-9-5-4-8-12(13)2/h4-11H,3H2,1-2H3. The molecule has 2 aromatic carbocycles. The lowest BCUT2D eigenvalue weighted by atomic mass is 10.1. The van der Waals surface area contributed by atoms with Gasteiger partial charge < -0.3 is 0 Å². The number of fused-ring (bicyclic) bond motifs is 3. The minimum absolute atomic E-state index is 0.832. The Bertz CT molecular complexity index is 985. The van der Waals surface area contributed by atoms with Gasteiger partial charge in [0, 0.05) is 17.4 Å². The van der Waals surface area contributed by atoms with Crippen molar-refractivity contribution in [3.63, 3.8) is 0 Å². The highest BCUT2D eigenvalue weighted by atomic mass is 15.3. The maximum absolute atomic E-state index is 4.79. The molecule has 0 spiro atoms. The van der Waals surface area contributed by atoms with E-state index >= 15 is 0 Å². The van der Waals surface area contributed by atoms with Crippen LogP contribution in [0.4, 0.5) is 0 Å². The molecule has 22 heavy (non-hydrogen) atoms. The molecule has 4 aromatic rings. The van der Waals surface area contributed by atoms with Crippen LogP contribution in [0, 0.1) is 6.92 Å². The van der Waals surface area contributed by atoms with Gasteiger partial charge in [-0.1, -0.05) is 43.3 Å². The Morgan fingerprint density at radius 2 is 1.73 bits per heavy atom. The van der Waals surface area contributed by atoms with E-state index in [2.05, 4.69) is 40.6 Å². The summed E-state index contributed by atoms with van der Waals surface area (Å²) in [4.78, 5) is 4.79. The minimum atomic E-state index is 0.832. The molecule has 2 heterocycles. The van der Waals surface area contributed by atoms with Crippen LogP contribution in [0.2, 0.25) is 0 Å². The highest BCUT2D eigenvalue weighted by molar-refractivity contribution is 5.92. The number of hydrogen-bond donors (Lipinski definition) is 0. The molecular weight excluding hydrogens is 272 g/mol. The van der Waals surface area contributed by atoms with Crippen molar-refractivity contribution in [2.45, 2.75) is 20.3 Å². The first-order valence-electron chi connectivity index (χ1n) is 7.48. The smallest absolute Gasteiger partial charge is 0.171 e. The molecule has 0 atom stereocenters. The largest absolute Gasteiger partial charge is 0.262 e. The van der Waals surface area contributed by atoms with Gasteiger partial charge in [0.1, 0.15) is 5.82 Å². The van der Waals surface area contributed by atoms with E-state index in [1.165, 1.54) is 5.56 Å². The van der Waals surface area contributed by atoms with Gasteiger partial charge in [0.05, 0.1) is 5.52 Å². The fourth-order valence-corrected chi connectivity index (χ4v) is 2.89. The summed E-state index contributed by atoms with van der Waals surface area (Å²) in [7, 11) is 0. The molecule has 0 aliphatic carbocycles. The van der Waals surface area contributed by atoms with Gasteiger partial charge in [-0.25, -0.2) is 4.98 Å². The Balaban J connectivity index is 2.14. The van der Waals surface area contributed by atoms with Crippen LogP contribution in [0.15, 0.2) is 48.5 Å². The third-order valence-electron chi connectivity index (χ3n) is 4.02. The molecule has 4 rings (SSSR count). The molecule has 0 radical (unpaired) electrons. The lowest BCUT2D eigenvalue weighted by Gasteiger charge is -2.09. The van der Waals surface area contributed by atoms with Gasteiger partial charge in [-0.3, -0.25) is 4.40 Å². The quantitative estimate of drug-likeness (QED) is 0.563. The van der Waals surface area contributed by atoms with Crippen molar-refractivity contribution in [1.29, 1.82) is 0 Å². The van der Waals surface area contributed by atoms with E-state index in [0.29, 0.717) is 0 Å². The highest BCUT2D eigenvalue weighted by Gasteiger charge is 2.16. The van der Waals surface area contributed by atoms with Crippen LogP contribution in [0.25, 0.3) is 27.9 Å². The molecule has 0 aliphatic heterocycles. The third kappa shape index (κ3) is 1.80. The van der Waals surface area contributed by atoms with Crippen molar-refractivity contribution in [3.05, 3.63) is 59.9 Å². The van der Waals surface area contributed by atoms with Crippen molar-refractivity contribution in [1.82, 2.24) is 19.6 Å². The number of hydrogen-bond acceptors (Lipinski definition) is 3. The summed E-state index contributed by atoms with van der Waals surface area (Å²) in [6.45, 7) is 4.20. The van der Waals surface area contributed by atoms with Crippen LogP contribution in [-0.2, 0) is 6.42 Å². The fourth-order valence-electron chi connectivity index (χ4n) is 2.89. The molecule has 108 valence electrons. The van der Waals surface area contributed by atoms with Crippen LogP contribution in [0.1, 0.15) is 18.3 Å². The maximum Gasteiger partial charge on any atom is 0.171 e. The average molecular weight is 288 g/mol. The lowest BCUT2D eigenvalue weighted by molar-refractivity contribution is 0.913. The van der Waals surface area contributed by atoms with Gasteiger partial charge in [0.15, 0.2) is 11.5 Å². The number of benzene rings is 2. The number of para-hydroxylation sites is 1. The predicted molar refractivity (Wildman–Crippen MR) is 87.8 cm³/mol. The van der Waals surface area contributed by atoms with E-state index in [9.17, 15) is 0 Å². The molecule has 0 amide bonds. The van der Waals surface area contributed by atoms with Gasteiger partial charge in [0.2, 0.25) is 0 Å². The van der Waals surface area contributed by atoms with Crippen molar-refractivity contribution in [3.8, 4) is 11.4 Å². The van der Waals surface area contributed by atoms with E-state index in [-0.39, 0.29) is 0 Å². The summed E-state index contributed by atoms with van der Waals surface area (Å²) in [5, 5.41) is 9.94. The van der Waals surface area contributed by atoms with Crippen molar-refractivity contribution >= 4 is 16.6 Å².